The summed E-state index contributed by atoms with van der Waals surface area (Å²) in [7, 11) is 1.31. The number of ether oxygens (including phenoxy) is 1. The Morgan fingerprint density at radius 2 is 2.36 bits per heavy atom. The predicted octanol–water partition coefficient (Wildman–Crippen LogP) is 2.00. The molecule has 0 aliphatic carbocycles. The molecule has 1 aromatic rings. The molecule has 1 heterocycles. The van der Waals surface area contributed by atoms with E-state index in [0.717, 1.165) is 0 Å². The van der Waals surface area contributed by atoms with Crippen LogP contribution in [0.1, 0.15) is 34.7 Å². The third-order valence-corrected chi connectivity index (χ3v) is 1.96. The molecule has 1 aromatic heterocycles. The monoisotopic (exact) mass is 193 g/mol. The minimum Gasteiger partial charge on any atom is -0.465 e. The summed E-state index contributed by atoms with van der Waals surface area (Å²) in [5.74, 6) is 0.175. The van der Waals surface area contributed by atoms with Gasteiger partial charge in [-0.2, -0.15) is 5.26 Å². The first kappa shape index (κ1) is 10.3. The summed E-state index contributed by atoms with van der Waals surface area (Å²) in [5.41, 5.74) is 0.379. The molecular weight excluding hydrogens is 182 g/mol. The second-order valence-electron chi connectivity index (χ2n) is 2.96. The van der Waals surface area contributed by atoms with Crippen LogP contribution in [0, 0.1) is 18.3 Å². The maximum atomic E-state index is 11.2. The third-order valence-electron chi connectivity index (χ3n) is 1.96. The lowest BCUT2D eigenvalue weighted by Crippen LogP contribution is -2.00. The highest BCUT2D eigenvalue weighted by Crippen LogP contribution is 2.22. The summed E-state index contributed by atoms with van der Waals surface area (Å²) >= 11 is 0. The van der Waals surface area contributed by atoms with Gasteiger partial charge in [-0.05, 0) is 19.9 Å². The molecule has 1 unspecified atom stereocenters. The molecule has 0 aliphatic heterocycles. The highest BCUT2D eigenvalue weighted by molar-refractivity contribution is 5.90. The van der Waals surface area contributed by atoms with Crippen LogP contribution >= 0.6 is 0 Å². The van der Waals surface area contributed by atoms with Gasteiger partial charge in [0.15, 0.2) is 0 Å². The molecule has 1 atom stereocenters. The molecular formula is C10H11NO3. The molecule has 0 saturated heterocycles. The van der Waals surface area contributed by atoms with E-state index in [9.17, 15) is 4.79 Å². The molecule has 0 radical (unpaired) electrons. The fourth-order valence-electron chi connectivity index (χ4n) is 1.09. The van der Waals surface area contributed by atoms with Gasteiger partial charge >= 0.3 is 5.97 Å². The van der Waals surface area contributed by atoms with E-state index in [4.69, 9.17) is 9.68 Å². The zero-order chi connectivity index (χ0) is 10.7. The van der Waals surface area contributed by atoms with E-state index < -0.39 is 5.97 Å². The van der Waals surface area contributed by atoms with Crippen molar-refractivity contribution >= 4 is 5.97 Å². The zero-order valence-electron chi connectivity index (χ0n) is 8.33. The number of hydrogen-bond acceptors (Lipinski definition) is 4. The molecule has 0 N–H and O–H groups in total. The molecule has 0 spiro atoms. The fourth-order valence-corrected chi connectivity index (χ4v) is 1.09. The first-order chi connectivity index (χ1) is 6.60. The summed E-state index contributed by atoms with van der Waals surface area (Å²) < 4.78 is 9.83. The summed E-state index contributed by atoms with van der Waals surface area (Å²) in [4.78, 5) is 11.2. The van der Waals surface area contributed by atoms with Gasteiger partial charge in [0.2, 0.25) is 0 Å². The Morgan fingerprint density at radius 1 is 1.71 bits per heavy atom. The standard InChI is InChI=1S/C10H11NO3/c1-6(5-11)9-4-8(7(2)14-9)10(12)13-3/h4,6H,1-3H3. The first-order valence-electron chi connectivity index (χ1n) is 4.18. The topological polar surface area (TPSA) is 63.2 Å². The quantitative estimate of drug-likeness (QED) is 0.674. The summed E-state index contributed by atoms with van der Waals surface area (Å²) in [6.45, 7) is 3.37. The van der Waals surface area contributed by atoms with E-state index in [1.54, 1.807) is 19.9 Å². The Balaban J connectivity index is 3.06. The third kappa shape index (κ3) is 1.77. The number of carbonyl (C=O) groups excluding carboxylic acids is 1. The maximum absolute atomic E-state index is 11.2. The predicted molar refractivity (Wildman–Crippen MR) is 48.8 cm³/mol. The first-order valence-corrected chi connectivity index (χ1v) is 4.18. The Hall–Kier alpha value is -1.76. The Labute approximate surface area is 82.1 Å². The number of nitrogens with zero attached hydrogens (tertiary/aromatic N) is 1. The van der Waals surface area contributed by atoms with Gasteiger partial charge in [0.05, 0.1) is 13.2 Å². The van der Waals surface area contributed by atoms with E-state index in [-0.39, 0.29) is 5.92 Å². The molecule has 0 fully saturated rings. The number of rotatable bonds is 2. The minimum absolute atomic E-state index is 0.355. The Morgan fingerprint density at radius 3 is 2.86 bits per heavy atom. The second-order valence-corrected chi connectivity index (χ2v) is 2.96. The normalized spacial score (nSPS) is 11.9. The van der Waals surface area contributed by atoms with Crippen LogP contribution in [0.3, 0.4) is 0 Å². The average molecular weight is 193 g/mol. The van der Waals surface area contributed by atoms with E-state index in [2.05, 4.69) is 4.74 Å². The molecule has 0 bridgehead atoms. The van der Waals surface area contributed by atoms with Gasteiger partial charge in [0, 0.05) is 0 Å². The summed E-state index contributed by atoms with van der Waals surface area (Å²) in [6.07, 6.45) is 0. The minimum atomic E-state index is -0.442. The fraction of sp³-hybridized carbons (Fsp3) is 0.400. The van der Waals surface area contributed by atoms with Gasteiger partial charge < -0.3 is 9.15 Å². The Kier molecular flexibility index (Phi) is 2.92. The van der Waals surface area contributed by atoms with Crippen molar-refractivity contribution in [3.63, 3.8) is 0 Å². The number of hydrogen-bond donors (Lipinski definition) is 0. The molecule has 4 heteroatoms. The van der Waals surface area contributed by atoms with Crippen LogP contribution in [0.15, 0.2) is 10.5 Å². The van der Waals surface area contributed by atoms with Crippen LogP contribution in [0.2, 0.25) is 0 Å². The number of esters is 1. The van der Waals surface area contributed by atoms with Crippen molar-refractivity contribution in [1.82, 2.24) is 0 Å². The smallest absolute Gasteiger partial charge is 0.341 e. The molecule has 0 aliphatic rings. The number of carbonyl (C=O) groups is 1. The number of methoxy groups -OCH3 is 1. The van der Waals surface area contributed by atoms with E-state index >= 15 is 0 Å². The number of aryl methyl sites for hydroxylation is 1. The zero-order valence-corrected chi connectivity index (χ0v) is 8.33. The van der Waals surface area contributed by atoms with Crippen LogP contribution in [0.25, 0.3) is 0 Å². The van der Waals surface area contributed by atoms with Gasteiger partial charge in [-0.15, -0.1) is 0 Å². The largest absolute Gasteiger partial charge is 0.465 e. The van der Waals surface area contributed by atoms with Gasteiger partial charge in [-0.3, -0.25) is 0 Å². The molecule has 0 aromatic carbocycles. The van der Waals surface area contributed by atoms with Crippen LogP contribution < -0.4 is 0 Å². The van der Waals surface area contributed by atoms with Crippen molar-refractivity contribution in [2.75, 3.05) is 7.11 Å². The Bertz CT molecular complexity index is 387. The van der Waals surface area contributed by atoms with Crippen molar-refractivity contribution in [1.29, 1.82) is 5.26 Å². The number of nitriles is 1. The van der Waals surface area contributed by atoms with Gasteiger partial charge in [0.1, 0.15) is 23.0 Å². The maximum Gasteiger partial charge on any atom is 0.341 e. The molecule has 0 amide bonds. The van der Waals surface area contributed by atoms with Crippen molar-refractivity contribution < 1.29 is 13.9 Å². The molecule has 0 saturated carbocycles. The van der Waals surface area contributed by atoms with Crippen molar-refractivity contribution in [3.8, 4) is 6.07 Å². The van der Waals surface area contributed by atoms with Gasteiger partial charge in [0.25, 0.3) is 0 Å². The highest BCUT2D eigenvalue weighted by Gasteiger charge is 2.18. The molecule has 4 nitrogen and oxygen atoms in total. The van der Waals surface area contributed by atoms with Crippen molar-refractivity contribution in [2.24, 2.45) is 0 Å². The van der Waals surface area contributed by atoms with Crippen molar-refractivity contribution in [3.05, 3.63) is 23.2 Å². The van der Waals surface area contributed by atoms with Gasteiger partial charge in [-0.1, -0.05) is 0 Å². The van der Waals surface area contributed by atoms with Crippen LogP contribution in [-0.2, 0) is 4.74 Å². The SMILES string of the molecule is COC(=O)c1cc(C(C)C#N)oc1C. The highest BCUT2D eigenvalue weighted by atomic mass is 16.5. The molecule has 14 heavy (non-hydrogen) atoms. The van der Waals surface area contributed by atoms with E-state index in [1.165, 1.54) is 7.11 Å². The number of furan rings is 1. The van der Waals surface area contributed by atoms with Crippen LogP contribution in [-0.4, -0.2) is 13.1 Å². The lowest BCUT2D eigenvalue weighted by molar-refractivity contribution is 0.0599. The summed E-state index contributed by atoms with van der Waals surface area (Å²) in [6, 6.07) is 3.58. The van der Waals surface area contributed by atoms with Crippen LogP contribution in [0.4, 0.5) is 0 Å². The average Bonchev–Trinajstić information content (AvgIpc) is 2.58. The molecule has 74 valence electrons. The van der Waals surface area contributed by atoms with E-state index in [1.807, 2.05) is 6.07 Å². The van der Waals surface area contributed by atoms with E-state index in [0.29, 0.717) is 17.1 Å². The molecule has 1 rings (SSSR count). The lowest BCUT2D eigenvalue weighted by Gasteiger charge is -1.93. The summed E-state index contributed by atoms with van der Waals surface area (Å²) in [5, 5.41) is 8.66. The van der Waals surface area contributed by atoms with Gasteiger partial charge in [-0.25, -0.2) is 4.79 Å². The van der Waals surface area contributed by atoms with Crippen LogP contribution in [0.5, 0.6) is 0 Å². The second kappa shape index (κ2) is 3.97. The van der Waals surface area contributed by atoms with Crippen molar-refractivity contribution in [2.45, 2.75) is 19.8 Å². The lowest BCUT2D eigenvalue weighted by atomic mass is 10.1.